The SMILES string of the molecule is CC(=O)c1ccccc1NC(=O)CN1C[C@H](C(N)=O)CC[C@@H]1C. The predicted octanol–water partition coefficient (Wildman–Crippen LogP) is 1.41. The van der Waals surface area contributed by atoms with Gasteiger partial charge in [-0.3, -0.25) is 19.3 Å². The van der Waals surface area contributed by atoms with Crippen LogP contribution in [0.2, 0.25) is 0 Å². The molecule has 2 atom stereocenters. The third kappa shape index (κ3) is 4.39. The second-order valence-electron chi connectivity index (χ2n) is 6.11. The van der Waals surface area contributed by atoms with Crippen LogP contribution >= 0.6 is 0 Å². The fraction of sp³-hybridized carbons (Fsp3) is 0.471. The molecule has 1 fully saturated rings. The number of Topliss-reactive ketones (excluding diaryl/α,β-unsaturated/α-hetero) is 1. The normalized spacial score (nSPS) is 21.7. The van der Waals surface area contributed by atoms with Crippen molar-refractivity contribution in [2.75, 3.05) is 18.4 Å². The van der Waals surface area contributed by atoms with Gasteiger partial charge >= 0.3 is 0 Å². The standard InChI is InChI=1S/C17H23N3O3/c1-11-7-8-13(17(18)23)9-20(11)10-16(22)19-15-6-4-3-5-14(15)12(2)21/h3-6,11,13H,7-10H2,1-2H3,(H2,18,23)(H,19,22)/t11-,13+/m0/s1. The fourth-order valence-electron chi connectivity index (χ4n) is 2.91. The molecule has 0 saturated carbocycles. The number of para-hydroxylation sites is 1. The number of hydrogen-bond donors (Lipinski definition) is 2. The van der Waals surface area contributed by atoms with Crippen molar-refractivity contribution in [3.05, 3.63) is 29.8 Å². The summed E-state index contributed by atoms with van der Waals surface area (Å²) in [4.78, 5) is 37.2. The van der Waals surface area contributed by atoms with E-state index in [-0.39, 0.29) is 36.1 Å². The van der Waals surface area contributed by atoms with Crippen LogP contribution in [0.4, 0.5) is 5.69 Å². The highest BCUT2D eigenvalue weighted by Crippen LogP contribution is 2.22. The highest BCUT2D eigenvalue weighted by atomic mass is 16.2. The zero-order valence-electron chi connectivity index (χ0n) is 13.5. The Morgan fingerprint density at radius 3 is 2.61 bits per heavy atom. The number of nitrogens with zero attached hydrogens (tertiary/aromatic N) is 1. The first kappa shape index (κ1) is 17.1. The molecule has 1 saturated heterocycles. The molecule has 1 aliphatic heterocycles. The molecular formula is C17H23N3O3. The van der Waals surface area contributed by atoms with E-state index < -0.39 is 0 Å². The van der Waals surface area contributed by atoms with Gasteiger partial charge in [-0.2, -0.15) is 0 Å². The maximum Gasteiger partial charge on any atom is 0.238 e. The van der Waals surface area contributed by atoms with Crippen molar-refractivity contribution in [2.45, 2.75) is 32.7 Å². The van der Waals surface area contributed by atoms with Gasteiger partial charge in [0.2, 0.25) is 11.8 Å². The van der Waals surface area contributed by atoms with Gasteiger partial charge in [0.25, 0.3) is 0 Å². The summed E-state index contributed by atoms with van der Waals surface area (Å²) in [6, 6.07) is 7.15. The summed E-state index contributed by atoms with van der Waals surface area (Å²) in [5, 5.41) is 2.79. The molecule has 0 unspecified atom stereocenters. The second kappa shape index (κ2) is 7.37. The van der Waals surface area contributed by atoms with Crippen molar-refractivity contribution in [1.82, 2.24) is 4.90 Å². The summed E-state index contributed by atoms with van der Waals surface area (Å²) in [7, 11) is 0. The highest BCUT2D eigenvalue weighted by molar-refractivity contribution is 6.04. The molecule has 0 aromatic heterocycles. The van der Waals surface area contributed by atoms with Gasteiger partial charge in [0.15, 0.2) is 5.78 Å². The molecule has 6 nitrogen and oxygen atoms in total. The van der Waals surface area contributed by atoms with Crippen molar-refractivity contribution < 1.29 is 14.4 Å². The first-order valence-electron chi connectivity index (χ1n) is 7.81. The number of benzene rings is 1. The van der Waals surface area contributed by atoms with Crippen LogP contribution in [0.25, 0.3) is 0 Å². The second-order valence-corrected chi connectivity index (χ2v) is 6.11. The number of rotatable bonds is 5. The van der Waals surface area contributed by atoms with Crippen molar-refractivity contribution in [2.24, 2.45) is 11.7 Å². The Hall–Kier alpha value is -2.21. The summed E-state index contributed by atoms with van der Waals surface area (Å²) >= 11 is 0. The average molecular weight is 317 g/mol. The number of primary amides is 1. The fourth-order valence-corrected chi connectivity index (χ4v) is 2.91. The predicted molar refractivity (Wildman–Crippen MR) is 88.0 cm³/mol. The van der Waals surface area contributed by atoms with Crippen LogP contribution in [-0.4, -0.2) is 41.6 Å². The van der Waals surface area contributed by atoms with Gasteiger partial charge in [-0.15, -0.1) is 0 Å². The molecule has 0 spiro atoms. The van der Waals surface area contributed by atoms with Crippen LogP contribution in [0.5, 0.6) is 0 Å². The van der Waals surface area contributed by atoms with Gasteiger partial charge in [-0.25, -0.2) is 0 Å². The molecule has 23 heavy (non-hydrogen) atoms. The van der Waals surface area contributed by atoms with Crippen LogP contribution in [0.1, 0.15) is 37.0 Å². The van der Waals surface area contributed by atoms with E-state index >= 15 is 0 Å². The highest BCUT2D eigenvalue weighted by Gasteiger charge is 2.29. The van der Waals surface area contributed by atoms with E-state index in [2.05, 4.69) is 5.32 Å². The van der Waals surface area contributed by atoms with E-state index in [1.165, 1.54) is 6.92 Å². The maximum atomic E-state index is 12.3. The lowest BCUT2D eigenvalue weighted by molar-refractivity contribution is -0.126. The molecule has 0 bridgehead atoms. The minimum Gasteiger partial charge on any atom is -0.369 e. The third-order valence-corrected chi connectivity index (χ3v) is 4.34. The zero-order valence-corrected chi connectivity index (χ0v) is 13.5. The Kier molecular flexibility index (Phi) is 5.50. The average Bonchev–Trinajstić information content (AvgIpc) is 2.49. The number of carbonyl (C=O) groups is 3. The van der Waals surface area contributed by atoms with Crippen LogP contribution < -0.4 is 11.1 Å². The van der Waals surface area contributed by atoms with Gasteiger partial charge in [-0.05, 0) is 38.8 Å². The molecule has 3 N–H and O–H groups in total. The minimum absolute atomic E-state index is 0.0963. The van der Waals surface area contributed by atoms with Crippen LogP contribution in [0.3, 0.4) is 0 Å². The minimum atomic E-state index is -0.316. The molecule has 1 aliphatic rings. The van der Waals surface area contributed by atoms with Gasteiger partial charge in [0.05, 0.1) is 18.2 Å². The Morgan fingerprint density at radius 2 is 1.96 bits per heavy atom. The molecule has 1 aromatic carbocycles. The quantitative estimate of drug-likeness (QED) is 0.803. The van der Waals surface area contributed by atoms with E-state index in [0.717, 1.165) is 12.8 Å². The van der Waals surface area contributed by atoms with Crippen LogP contribution in [-0.2, 0) is 9.59 Å². The van der Waals surface area contributed by atoms with E-state index in [9.17, 15) is 14.4 Å². The van der Waals surface area contributed by atoms with Crippen molar-refractivity contribution in [3.8, 4) is 0 Å². The van der Waals surface area contributed by atoms with Gasteiger partial charge in [0.1, 0.15) is 0 Å². The molecule has 2 amide bonds. The Morgan fingerprint density at radius 1 is 1.26 bits per heavy atom. The molecule has 2 rings (SSSR count). The van der Waals surface area contributed by atoms with Gasteiger partial charge in [0, 0.05) is 18.2 Å². The van der Waals surface area contributed by atoms with Crippen molar-refractivity contribution in [1.29, 1.82) is 0 Å². The summed E-state index contributed by atoms with van der Waals surface area (Å²) in [6.07, 6.45) is 1.60. The first-order valence-corrected chi connectivity index (χ1v) is 7.81. The maximum absolute atomic E-state index is 12.3. The topological polar surface area (TPSA) is 92.5 Å². The third-order valence-electron chi connectivity index (χ3n) is 4.34. The summed E-state index contributed by atoms with van der Waals surface area (Å²) in [6.45, 7) is 4.18. The van der Waals surface area contributed by atoms with Crippen LogP contribution in [0, 0.1) is 5.92 Å². The lowest BCUT2D eigenvalue weighted by Gasteiger charge is -2.36. The number of nitrogens with one attached hydrogen (secondary N) is 1. The van der Waals surface area contributed by atoms with Crippen molar-refractivity contribution >= 4 is 23.3 Å². The molecule has 1 aromatic rings. The Bertz CT molecular complexity index is 615. The number of anilines is 1. The van der Waals surface area contributed by atoms with Gasteiger partial charge < -0.3 is 11.1 Å². The molecule has 124 valence electrons. The van der Waals surface area contributed by atoms with Crippen LogP contribution in [0.15, 0.2) is 24.3 Å². The van der Waals surface area contributed by atoms with E-state index in [4.69, 9.17) is 5.73 Å². The lowest BCUT2D eigenvalue weighted by atomic mass is 9.93. The number of amides is 2. The van der Waals surface area contributed by atoms with Crippen molar-refractivity contribution in [3.63, 3.8) is 0 Å². The van der Waals surface area contributed by atoms with Gasteiger partial charge in [-0.1, -0.05) is 12.1 Å². The Balaban J connectivity index is 2.01. The number of ketones is 1. The zero-order chi connectivity index (χ0) is 17.0. The first-order chi connectivity index (χ1) is 10.9. The molecule has 0 aliphatic carbocycles. The van der Waals surface area contributed by atoms with E-state index in [1.807, 2.05) is 11.8 Å². The molecule has 6 heteroatoms. The molecule has 1 heterocycles. The summed E-state index contributed by atoms with van der Waals surface area (Å²) in [5.41, 5.74) is 6.38. The monoisotopic (exact) mass is 317 g/mol. The molecular weight excluding hydrogens is 294 g/mol. The number of hydrogen-bond acceptors (Lipinski definition) is 4. The Labute approximate surface area is 136 Å². The largest absolute Gasteiger partial charge is 0.369 e. The summed E-state index contributed by atoms with van der Waals surface area (Å²) in [5.74, 6) is -0.815. The number of nitrogens with two attached hydrogens (primary N) is 1. The summed E-state index contributed by atoms with van der Waals surface area (Å²) < 4.78 is 0. The van der Waals surface area contributed by atoms with E-state index in [1.54, 1.807) is 24.3 Å². The molecule has 0 radical (unpaired) electrons. The number of likely N-dealkylation sites (tertiary alicyclic amines) is 1. The van der Waals surface area contributed by atoms with E-state index in [0.29, 0.717) is 17.8 Å². The smallest absolute Gasteiger partial charge is 0.238 e. The lowest BCUT2D eigenvalue weighted by Crippen LogP contribution is -2.48. The number of carbonyl (C=O) groups excluding carboxylic acids is 3. The number of piperidine rings is 1.